The van der Waals surface area contributed by atoms with Gasteiger partial charge in [-0.15, -0.1) is 0 Å². The highest BCUT2D eigenvalue weighted by molar-refractivity contribution is 5.94. The Hall–Kier alpha value is -1.31. The maximum absolute atomic E-state index is 12.4. The standard InChI is InChI=1S/C16H21NO/c1-10-4-3-5-11(2)15(10)17-16(18)14-9-12-6-7-13(14)8-12/h3-5,12-14H,6-9H2,1-2H3,(H,17,18)/t12-,13+,14-/m0/s1. The number of hydrogen-bond acceptors (Lipinski definition) is 1. The van der Waals surface area contributed by atoms with Gasteiger partial charge in [-0.3, -0.25) is 4.79 Å². The minimum atomic E-state index is 0.250. The molecule has 1 amide bonds. The summed E-state index contributed by atoms with van der Waals surface area (Å²) in [6.45, 7) is 4.12. The quantitative estimate of drug-likeness (QED) is 0.843. The van der Waals surface area contributed by atoms with Crippen LogP contribution in [0.4, 0.5) is 5.69 Å². The fourth-order valence-corrected chi connectivity index (χ4v) is 3.79. The summed E-state index contributed by atoms with van der Waals surface area (Å²) in [6, 6.07) is 6.16. The molecular weight excluding hydrogens is 222 g/mol. The first-order valence-corrected chi connectivity index (χ1v) is 7.02. The molecule has 18 heavy (non-hydrogen) atoms. The van der Waals surface area contributed by atoms with Gasteiger partial charge in [-0.2, -0.15) is 0 Å². The van der Waals surface area contributed by atoms with Crippen LogP contribution in [0.1, 0.15) is 36.8 Å². The monoisotopic (exact) mass is 243 g/mol. The minimum absolute atomic E-state index is 0.250. The first-order chi connectivity index (χ1) is 8.65. The molecule has 0 unspecified atom stereocenters. The average molecular weight is 243 g/mol. The molecule has 0 radical (unpaired) electrons. The number of carbonyl (C=O) groups is 1. The highest BCUT2D eigenvalue weighted by atomic mass is 16.1. The molecule has 0 spiro atoms. The van der Waals surface area contributed by atoms with E-state index < -0.39 is 0 Å². The third-order valence-corrected chi connectivity index (χ3v) is 4.80. The zero-order valence-electron chi connectivity index (χ0n) is 11.2. The maximum Gasteiger partial charge on any atom is 0.227 e. The van der Waals surface area contributed by atoms with E-state index >= 15 is 0 Å². The number of aryl methyl sites for hydroxylation is 2. The molecule has 0 heterocycles. The Kier molecular flexibility index (Phi) is 2.89. The Morgan fingerprint density at radius 2 is 1.89 bits per heavy atom. The van der Waals surface area contributed by atoms with Crippen LogP contribution < -0.4 is 5.32 Å². The summed E-state index contributed by atoms with van der Waals surface area (Å²) in [5.41, 5.74) is 3.34. The van der Waals surface area contributed by atoms with E-state index in [4.69, 9.17) is 0 Å². The molecule has 1 N–H and O–H groups in total. The summed E-state index contributed by atoms with van der Waals surface area (Å²) in [4.78, 5) is 12.4. The summed E-state index contributed by atoms with van der Waals surface area (Å²) < 4.78 is 0. The molecule has 2 bridgehead atoms. The van der Waals surface area contributed by atoms with Crippen molar-refractivity contribution < 1.29 is 4.79 Å². The number of hydrogen-bond donors (Lipinski definition) is 1. The van der Waals surface area contributed by atoms with E-state index in [1.807, 2.05) is 6.07 Å². The van der Waals surface area contributed by atoms with E-state index in [9.17, 15) is 4.79 Å². The van der Waals surface area contributed by atoms with Crippen molar-refractivity contribution in [2.45, 2.75) is 39.5 Å². The van der Waals surface area contributed by atoms with Gasteiger partial charge in [0.25, 0.3) is 0 Å². The number of fused-ring (bicyclic) bond motifs is 2. The first kappa shape index (κ1) is 11.8. The highest BCUT2D eigenvalue weighted by Crippen LogP contribution is 2.48. The zero-order chi connectivity index (χ0) is 12.7. The number of anilines is 1. The number of amides is 1. The van der Waals surface area contributed by atoms with E-state index in [2.05, 4.69) is 31.3 Å². The predicted octanol–water partition coefficient (Wildman–Crippen LogP) is 3.68. The Bertz CT molecular complexity index is 460. The van der Waals surface area contributed by atoms with Crippen LogP contribution in [0.2, 0.25) is 0 Å². The molecule has 2 aliphatic carbocycles. The number of benzene rings is 1. The second kappa shape index (κ2) is 4.42. The van der Waals surface area contributed by atoms with E-state index in [1.165, 1.54) is 19.3 Å². The second-order valence-electron chi connectivity index (χ2n) is 6.04. The SMILES string of the molecule is Cc1cccc(C)c1NC(=O)[C@H]1C[C@H]2CC[C@@H]1C2. The lowest BCUT2D eigenvalue weighted by Gasteiger charge is -2.22. The van der Waals surface area contributed by atoms with Crippen molar-refractivity contribution >= 4 is 11.6 Å². The van der Waals surface area contributed by atoms with Gasteiger partial charge in [0.15, 0.2) is 0 Å². The van der Waals surface area contributed by atoms with Crippen LogP contribution in [0, 0.1) is 31.6 Å². The van der Waals surface area contributed by atoms with E-state index in [-0.39, 0.29) is 11.8 Å². The lowest BCUT2D eigenvalue weighted by atomic mass is 9.88. The van der Waals surface area contributed by atoms with Crippen LogP contribution in [-0.2, 0) is 4.79 Å². The third kappa shape index (κ3) is 1.94. The van der Waals surface area contributed by atoms with Gasteiger partial charge in [0.05, 0.1) is 0 Å². The van der Waals surface area contributed by atoms with Crippen molar-refractivity contribution in [1.82, 2.24) is 0 Å². The fraction of sp³-hybridized carbons (Fsp3) is 0.562. The molecular formula is C16H21NO. The van der Waals surface area contributed by atoms with Gasteiger partial charge in [0.1, 0.15) is 0 Å². The Morgan fingerprint density at radius 3 is 2.44 bits per heavy atom. The summed E-state index contributed by atoms with van der Waals surface area (Å²) in [7, 11) is 0. The van der Waals surface area contributed by atoms with E-state index in [0.717, 1.165) is 29.2 Å². The molecule has 3 atom stereocenters. The van der Waals surface area contributed by atoms with Gasteiger partial charge >= 0.3 is 0 Å². The van der Waals surface area contributed by atoms with Gasteiger partial charge in [-0.05, 0) is 56.1 Å². The highest BCUT2D eigenvalue weighted by Gasteiger charge is 2.43. The van der Waals surface area contributed by atoms with Crippen LogP contribution in [0.15, 0.2) is 18.2 Å². The van der Waals surface area contributed by atoms with Gasteiger partial charge in [-0.25, -0.2) is 0 Å². The fourth-order valence-electron chi connectivity index (χ4n) is 3.79. The molecule has 1 aromatic carbocycles. The average Bonchev–Trinajstić information content (AvgIpc) is 2.96. The van der Waals surface area contributed by atoms with Crippen LogP contribution in [0.3, 0.4) is 0 Å². The Labute approximate surface area is 109 Å². The normalized spacial score (nSPS) is 29.6. The molecule has 0 aromatic heterocycles. The summed E-state index contributed by atoms with van der Waals surface area (Å²) in [5, 5.41) is 3.17. The molecule has 2 saturated carbocycles. The van der Waals surface area contributed by atoms with Crippen LogP contribution in [-0.4, -0.2) is 5.91 Å². The van der Waals surface area contributed by atoms with Gasteiger partial charge in [-0.1, -0.05) is 24.6 Å². The number of carbonyl (C=O) groups excluding carboxylic acids is 1. The van der Waals surface area contributed by atoms with E-state index in [1.54, 1.807) is 0 Å². The smallest absolute Gasteiger partial charge is 0.227 e. The maximum atomic E-state index is 12.4. The van der Waals surface area contributed by atoms with Crippen molar-refractivity contribution in [1.29, 1.82) is 0 Å². The van der Waals surface area contributed by atoms with Crippen molar-refractivity contribution in [2.24, 2.45) is 17.8 Å². The molecule has 2 aliphatic rings. The molecule has 3 rings (SSSR count). The largest absolute Gasteiger partial charge is 0.325 e. The van der Waals surface area contributed by atoms with Crippen molar-refractivity contribution in [2.75, 3.05) is 5.32 Å². The zero-order valence-corrected chi connectivity index (χ0v) is 11.2. The van der Waals surface area contributed by atoms with Gasteiger partial charge in [0.2, 0.25) is 5.91 Å². The lowest BCUT2D eigenvalue weighted by molar-refractivity contribution is -0.121. The van der Waals surface area contributed by atoms with Gasteiger partial charge in [0, 0.05) is 11.6 Å². The number of para-hydroxylation sites is 1. The van der Waals surface area contributed by atoms with Crippen molar-refractivity contribution in [3.8, 4) is 0 Å². The van der Waals surface area contributed by atoms with Crippen molar-refractivity contribution in [3.63, 3.8) is 0 Å². The lowest BCUT2D eigenvalue weighted by Crippen LogP contribution is -2.27. The third-order valence-electron chi connectivity index (χ3n) is 4.80. The van der Waals surface area contributed by atoms with Crippen LogP contribution in [0.25, 0.3) is 0 Å². The topological polar surface area (TPSA) is 29.1 Å². The molecule has 0 aliphatic heterocycles. The summed E-state index contributed by atoms with van der Waals surface area (Å²) in [5.74, 6) is 1.99. The molecule has 1 aromatic rings. The van der Waals surface area contributed by atoms with Crippen LogP contribution >= 0.6 is 0 Å². The predicted molar refractivity (Wildman–Crippen MR) is 73.5 cm³/mol. The Balaban J connectivity index is 1.75. The first-order valence-electron chi connectivity index (χ1n) is 7.02. The number of rotatable bonds is 2. The molecule has 2 fully saturated rings. The molecule has 0 saturated heterocycles. The Morgan fingerprint density at radius 1 is 1.17 bits per heavy atom. The van der Waals surface area contributed by atoms with Gasteiger partial charge < -0.3 is 5.32 Å². The molecule has 2 nitrogen and oxygen atoms in total. The second-order valence-corrected chi connectivity index (χ2v) is 6.04. The molecule has 96 valence electrons. The van der Waals surface area contributed by atoms with Crippen molar-refractivity contribution in [3.05, 3.63) is 29.3 Å². The number of nitrogens with one attached hydrogen (secondary N) is 1. The van der Waals surface area contributed by atoms with E-state index in [0.29, 0.717) is 5.92 Å². The van der Waals surface area contributed by atoms with Crippen LogP contribution in [0.5, 0.6) is 0 Å². The summed E-state index contributed by atoms with van der Waals surface area (Å²) in [6.07, 6.45) is 5.00. The molecule has 2 heteroatoms. The minimum Gasteiger partial charge on any atom is -0.325 e. The summed E-state index contributed by atoms with van der Waals surface area (Å²) >= 11 is 0.